The molecule has 0 aliphatic carbocycles. The number of unbranched alkanes of at least 4 members (excludes halogenated alkanes) is 2. The number of hydrogen-bond donors (Lipinski definition) is 1. The Kier molecular flexibility index (Phi) is 5.76. The number of aryl methyl sites for hydroxylation is 2. The third kappa shape index (κ3) is 5.26. The molecule has 2 aromatic rings. The van der Waals surface area contributed by atoms with Gasteiger partial charge >= 0.3 is 6.16 Å². The lowest BCUT2D eigenvalue weighted by Gasteiger charge is -2.06. The molecule has 0 aliphatic rings. The Hall–Kier alpha value is -2.36. The molecule has 0 aliphatic heterocycles. The van der Waals surface area contributed by atoms with Crippen LogP contribution in [0.1, 0.15) is 30.4 Å². The Labute approximate surface area is 124 Å². The van der Waals surface area contributed by atoms with Gasteiger partial charge in [0.15, 0.2) is 0 Å². The van der Waals surface area contributed by atoms with E-state index in [-0.39, 0.29) is 5.88 Å². The molecule has 21 heavy (non-hydrogen) atoms. The van der Waals surface area contributed by atoms with E-state index < -0.39 is 6.16 Å². The van der Waals surface area contributed by atoms with Crippen molar-refractivity contribution in [2.24, 2.45) is 0 Å². The van der Waals surface area contributed by atoms with Crippen molar-refractivity contribution in [1.29, 1.82) is 0 Å². The highest BCUT2D eigenvalue weighted by Gasteiger charge is 2.08. The number of pyridine rings is 1. The highest BCUT2D eigenvalue weighted by atomic mass is 16.7. The lowest BCUT2D eigenvalue weighted by Crippen LogP contribution is -2.06. The van der Waals surface area contributed by atoms with Crippen LogP contribution in [0.3, 0.4) is 0 Å². The molecule has 0 bridgehead atoms. The van der Waals surface area contributed by atoms with Gasteiger partial charge in [0.1, 0.15) is 0 Å². The Balaban J connectivity index is 1.75. The van der Waals surface area contributed by atoms with Crippen LogP contribution >= 0.6 is 0 Å². The van der Waals surface area contributed by atoms with Crippen LogP contribution in [0, 0.1) is 0 Å². The van der Waals surface area contributed by atoms with Gasteiger partial charge in [-0.25, -0.2) is 9.78 Å². The standard InChI is InChI=1S/C17H19NO3/c19-17(20)21-16-15(12-7-13-18-16)11-6-2-5-10-14-8-3-1-4-9-14/h1,3-4,7-9,12-13H,2,5-6,10-11H2,(H,19,20). The minimum atomic E-state index is -1.32. The predicted molar refractivity (Wildman–Crippen MR) is 80.6 cm³/mol. The number of hydrogen-bond acceptors (Lipinski definition) is 3. The van der Waals surface area contributed by atoms with Crippen LogP contribution in [0.5, 0.6) is 5.88 Å². The quantitative estimate of drug-likeness (QED) is 0.614. The Morgan fingerprint density at radius 2 is 1.76 bits per heavy atom. The van der Waals surface area contributed by atoms with Gasteiger partial charge in [-0.3, -0.25) is 0 Å². The first-order valence-electron chi connectivity index (χ1n) is 7.14. The smallest absolute Gasteiger partial charge is 0.449 e. The summed E-state index contributed by atoms with van der Waals surface area (Å²) in [4.78, 5) is 14.6. The van der Waals surface area contributed by atoms with Crippen molar-refractivity contribution in [1.82, 2.24) is 4.98 Å². The zero-order valence-corrected chi connectivity index (χ0v) is 11.9. The second kappa shape index (κ2) is 8.04. The Morgan fingerprint density at radius 3 is 2.52 bits per heavy atom. The summed E-state index contributed by atoms with van der Waals surface area (Å²) in [5.74, 6) is 0.202. The first kappa shape index (κ1) is 15.0. The molecule has 0 saturated heterocycles. The van der Waals surface area contributed by atoms with E-state index in [4.69, 9.17) is 5.11 Å². The predicted octanol–water partition coefficient (Wildman–Crippen LogP) is 4.09. The highest BCUT2D eigenvalue weighted by molar-refractivity contribution is 5.60. The summed E-state index contributed by atoms with van der Waals surface area (Å²) in [7, 11) is 0. The molecular weight excluding hydrogens is 266 g/mol. The molecule has 1 heterocycles. The van der Waals surface area contributed by atoms with E-state index in [1.807, 2.05) is 12.1 Å². The Morgan fingerprint density at radius 1 is 1.00 bits per heavy atom. The largest absolute Gasteiger partial charge is 0.512 e. The fraction of sp³-hybridized carbons (Fsp3) is 0.294. The molecule has 1 aromatic heterocycles. The molecule has 0 amide bonds. The Bertz CT molecular complexity index is 569. The summed E-state index contributed by atoms with van der Waals surface area (Å²) in [5.41, 5.74) is 2.20. The number of rotatable bonds is 7. The summed E-state index contributed by atoms with van der Waals surface area (Å²) in [5, 5.41) is 8.66. The molecule has 110 valence electrons. The van der Waals surface area contributed by atoms with E-state index >= 15 is 0 Å². The maximum absolute atomic E-state index is 10.6. The zero-order chi connectivity index (χ0) is 14.9. The minimum absolute atomic E-state index is 0.202. The van der Waals surface area contributed by atoms with Gasteiger partial charge in [0.05, 0.1) is 0 Å². The molecule has 0 spiro atoms. The summed E-state index contributed by atoms with van der Waals surface area (Å²) < 4.78 is 4.68. The van der Waals surface area contributed by atoms with Crippen LogP contribution in [0.4, 0.5) is 4.79 Å². The highest BCUT2D eigenvalue weighted by Crippen LogP contribution is 2.18. The number of carboxylic acid groups (broad SMARTS) is 1. The van der Waals surface area contributed by atoms with Crippen LogP contribution < -0.4 is 4.74 Å². The molecule has 0 radical (unpaired) electrons. The average molecular weight is 285 g/mol. The maximum atomic E-state index is 10.6. The number of benzene rings is 1. The van der Waals surface area contributed by atoms with E-state index in [2.05, 4.69) is 34.0 Å². The summed E-state index contributed by atoms with van der Waals surface area (Å²) in [6.07, 6.45) is 5.29. The van der Waals surface area contributed by atoms with Crippen molar-refractivity contribution in [3.63, 3.8) is 0 Å². The maximum Gasteiger partial charge on any atom is 0.512 e. The van der Waals surface area contributed by atoms with E-state index in [9.17, 15) is 4.79 Å². The van der Waals surface area contributed by atoms with Crippen molar-refractivity contribution in [3.8, 4) is 5.88 Å². The van der Waals surface area contributed by atoms with Crippen molar-refractivity contribution in [2.75, 3.05) is 0 Å². The molecular formula is C17H19NO3. The SMILES string of the molecule is O=C(O)Oc1ncccc1CCCCCc1ccccc1. The monoisotopic (exact) mass is 285 g/mol. The molecule has 4 heteroatoms. The van der Waals surface area contributed by atoms with E-state index in [0.29, 0.717) is 0 Å². The summed E-state index contributed by atoms with van der Waals surface area (Å²) >= 11 is 0. The average Bonchev–Trinajstić information content (AvgIpc) is 2.49. The van der Waals surface area contributed by atoms with Gasteiger partial charge in [0, 0.05) is 11.8 Å². The first-order chi connectivity index (χ1) is 10.3. The molecule has 2 rings (SSSR count). The molecule has 4 nitrogen and oxygen atoms in total. The first-order valence-corrected chi connectivity index (χ1v) is 7.14. The third-order valence-electron chi connectivity index (χ3n) is 3.29. The van der Waals surface area contributed by atoms with Gasteiger partial charge in [0.2, 0.25) is 5.88 Å². The lowest BCUT2D eigenvalue weighted by molar-refractivity contribution is 0.142. The summed E-state index contributed by atoms with van der Waals surface area (Å²) in [6, 6.07) is 14.1. The second-order valence-corrected chi connectivity index (χ2v) is 4.88. The topological polar surface area (TPSA) is 59.4 Å². The zero-order valence-electron chi connectivity index (χ0n) is 11.9. The normalized spacial score (nSPS) is 10.3. The van der Waals surface area contributed by atoms with Crippen molar-refractivity contribution >= 4 is 6.16 Å². The van der Waals surface area contributed by atoms with Crippen LogP contribution in [-0.2, 0) is 12.8 Å². The van der Waals surface area contributed by atoms with Crippen LogP contribution in [0.15, 0.2) is 48.7 Å². The van der Waals surface area contributed by atoms with E-state index in [0.717, 1.165) is 37.7 Å². The van der Waals surface area contributed by atoms with Crippen LogP contribution in [-0.4, -0.2) is 16.2 Å². The molecule has 1 aromatic carbocycles. The van der Waals surface area contributed by atoms with Crippen molar-refractivity contribution in [3.05, 3.63) is 59.8 Å². The van der Waals surface area contributed by atoms with Gasteiger partial charge in [0.25, 0.3) is 0 Å². The van der Waals surface area contributed by atoms with Gasteiger partial charge in [-0.2, -0.15) is 0 Å². The van der Waals surface area contributed by atoms with E-state index in [1.54, 1.807) is 6.07 Å². The fourth-order valence-electron chi connectivity index (χ4n) is 2.26. The minimum Gasteiger partial charge on any atom is -0.449 e. The van der Waals surface area contributed by atoms with Crippen LogP contribution in [0.25, 0.3) is 0 Å². The fourth-order valence-corrected chi connectivity index (χ4v) is 2.26. The third-order valence-corrected chi connectivity index (χ3v) is 3.29. The number of nitrogens with zero attached hydrogens (tertiary/aromatic N) is 1. The molecule has 0 unspecified atom stereocenters. The van der Waals surface area contributed by atoms with Gasteiger partial charge in [-0.1, -0.05) is 42.8 Å². The van der Waals surface area contributed by atoms with Crippen molar-refractivity contribution < 1.29 is 14.6 Å². The molecule has 0 saturated carbocycles. The summed E-state index contributed by atoms with van der Waals surface area (Å²) in [6.45, 7) is 0. The number of aromatic nitrogens is 1. The van der Waals surface area contributed by atoms with Crippen molar-refractivity contribution in [2.45, 2.75) is 32.1 Å². The second-order valence-electron chi connectivity index (χ2n) is 4.88. The van der Waals surface area contributed by atoms with Gasteiger partial charge < -0.3 is 9.84 Å². The van der Waals surface area contributed by atoms with E-state index in [1.165, 1.54) is 11.8 Å². The van der Waals surface area contributed by atoms with Gasteiger partial charge in [-0.15, -0.1) is 0 Å². The van der Waals surface area contributed by atoms with Crippen LogP contribution in [0.2, 0.25) is 0 Å². The lowest BCUT2D eigenvalue weighted by atomic mass is 10.0. The number of ether oxygens (including phenoxy) is 1. The molecule has 0 atom stereocenters. The van der Waals surface area contributed by atoms with Gasteiger partial charge in [-0.05, 0) is 37.3 Å². The number of carbonyl (C=O) groups is 1. The molecule has 1 N–H and O–H groups in total. The molecule has 0 fully saturated rings.